The fourth-order valence-corrected chi connectivity index (χ4v) is 6.10. The Hall–Kier alpha value is -4.16. The lowest BCUT2D eigenvalue weighted by Gasteiger charge is -2.33. The summed E-state index contributed by atoms with van der Waals surface area (Å²) in [6.07, 6.45) is -0.518. The minimum atomic E-state index is -4.26. The Kier molecular flexibility index (Phi) is 8.67. The van der Waals surface area contributed by atoms with Crippen molar-refractivity contribution in [1.29, 1.82) is 0 Å². The van der Waals surface area contributed by atoms with E-state index in [0.717, 1.165) is 11.1 Å². The van der Waals surface area contributed by atoms with Gasteiger partial charge in [0, 0.05) is 45.3 Å². The molecule has 0 unspecified atom stereocenters. The predicted molar refractivity (Wildman–Crippen MR) is 146 cm³/mol. The highest BCUT2D eigenvalue weighted by molar-refractivity contribution is 7.93. The molecule has 0 spiro atoms. The van der Waals surface area contributed by atoms with Crippen molar-refractivity contribution in [3.8, 4) is 5.75 Å². The van der Waals surface area contributed by atoms with Crippen LogP contribution >= 0.6 is 0 Å². The lowest BCUT2D eigenvalue weighted by molar-refractivity contribution is -0.387. The molecule has 0 radical (unpaired) electrons. The Balaban J connectivity index is 1.51. The third-order valence-corrected chi connectivity index (χ3v) is 8.54. The molecule has 0 atom stereocenters. The maximum atomic E-state index is 13.7. The molecular formula is C27H30N4O7S. The van der Waals surface area contributed by atoms with Crippen molar-refractivity contribution in [3.05, 3.63) is 94.0 Å². The highest BCUT2D eigenvalue weighted by Gasteiger charge is 2.31. The molecular weight excluding hydrogens is 524 g/mol. The van der Waals surface area contributed by atoms with E-state index in [1.54, 1.807) is 24.3 Å². The van der Waals surface area contributed by atoms with Crippen LogP contribution in [0.2, 0.25) is 0 Å². The molecule has 1 fully saturated rings. The molecule has 1 aliphatic heterocycles. The van der Waals surface area contributed by atoms with Gasteiger partial charge in [0.2, 0.25) is 0 Å². The molecule has 4 rings (SSSR count). The second kappa shape index (κ2) is 12.1. The second-order valence-electron chi connectivity index (χ2n) is 9.11. The maximum Gasteiger partial charge on any atom is 0.407 e. The van der Waals surface area contributed by atoms with Gasteiger partial charge in [-0.2, -0.15) is 0 Å². The number of carboxylic acid groups (broad SMARTS) is 1. The monoisotopic (exact) mass is 554 g/mol. The van der Waals surface area contributed by atoms with Crippen LogP contribution < -0.4 is 9.04 Å². The number of nitrogens with zero attached hydrogens (tertiary/aromatic N) is 4. The first-order valence-electron chi connectivity index (χ1n) is 12.4. The number of methoxy groups -OCH3 is 1. The van der Waals surface area contributed by atoms with Crippen molar-refractivity contribution in [1.82, 2.24) is 9.80 Å². The average molecular weight is 555 g/mol. The van der Waals surface area contributed by atoms with E-state index in [4.69, 9.17) is 9.84 Å². The van der Waals surface area contributed by atoms with Gasteiger partial charge in [0.1, 0.15) is 5.75 Å². The summed E-state index contributed by atoms with van der Waals surface area (Å²) < 4.78 is 33.8. The molecule has 3 aromatic carbocycles. The highest BCUT2D eigenvalue weighted by atomic mass is 32.2. The number of hydrogen-bond acceptors (Lipinski definition) is 7. The number of rotatable bonds is 10. The van der Waals surface area contributed by atoms with E-state index in [0.29, 0.717) is 50.6 Å². The molecule has 39 heavy (non-hydrogen) atoms. The van der Waals surface area contributed by atoms with Gasteiger partial charge in [0.05, 0.1) is 17.7 Å². The molecule has 206 valence electrons. The molecule has 0 bridgehead atoms. The zero-order valence-corrected chi connectivity index (χ0v) is 22.3. The molecule has 1 saturated heterocycles. The van der Waals surface area contributed by atoms with Crippen LogP contribution in [0, 0.1) is 10.1 Å². The predicted octanol–water partition coefficient (Wildman–Crippen LogP) is 3.84. The van der Waals surface area contributed by atoms with Crippen molar-refractivity contribution < 1.29 is 28.0 Å². The van der Waals surface area contributed by atoms with E-state index in [1.165, 1.54) is 40.6 Å². The van der Waals surface area contributed by atoms with E-state index in [1.807, 2.05) is 24.3 Å². The zero-order chi connectivity index (χ0) is 28.0. The average Bonchev–Trinajstić information content (AvgIpc) is 2.94. The third-order valence-electron chi connectivity index (χ3n) is 6.67. The first-order valence-corrected chi connectivity index (χ1v) is 13.8. The van der Waals surface area contributed by atoms with E-state index in [2.05, 4.69) is 4.90 Å². The van der Waals surface area contributed by atoms with Crippen LogP contribution in [-0.2, 0) is 23.0 Å². The lowest BCUT2D eigenvalue weighted by Crippen LogP contribution is -2.47. The van der Waals surface area contributed by atoms with Gasteiger partial charge in [0.25, 0.3) is 15.7 Å². The van der Waals surface area contributed by atoms with E-state index in [-0.39, 0.29) is 11.4 Å². The number of carbonyl (C=O) groups is 1. The fraction of sp³-hybridized carbons (Fsp3) is 0.296. The van der Waals surface area contributed by atoms with Gasteiger partial charge in [-0.25, -0.2) is 13.2 Å². The number of anilines is 1. The van der Waals surface area contributed by atoms with Gasteiger partial charge in [-0.15, -0.1) is 0 Å². The number of para-hydroxylation sites is 1. The Morgan fingerprint density at radius 2 is 1.59 bits per heavy atom. The number of nitro groups is 1. The summed E-state index contributed by atoms with van der Waals surface area (Å²) in [6, 6.07) is 19.7. The third kappa shape index (κ3) is 6.65. The number of ether oxygens (including phenoxy) is 1. The molecule has 0 aliphatic carbocycles. The molecule has 0 saturated carbocycles. The van der Waals surface area contributed by atoms with Gasteiger partial charge in [-0.05, 0) is 47.9 Å². The van der Waals surface area contributed by atoms with Gasteiger partial charge in [0.15, 0.2) is 4.90 Å². The highest BCUT2D eigenvalue weighted by Crippen LogP contribution is 2.31. The second-order valence-corrected chi connectivity index (χ2v) is 10.9. The van der Waals surface area contributed by atoms with Crippen LogP contribution in [-0.4, -0.2) is 74.2 Å². The molecule has 1 N–H and O–H groups in total. The summed E-state index contributed by atoms with van der Waals surface area (Å²) in [4.78, 5) is 25.2. The van der Waals surface area contributed by atoms with Crippen LogP contribution in [0.4, 0.5) is 16.2 Å². The van der Waals surface area contributed by atoms with Gasteiger partial charge in [-0.1, -0.05) is 36.4 Å². The van der Waals surface area contributed by atoms with Gasteiger partial charge in [-0.3, -0.25) is 19.3 Å². The fourth-order valence-electron chi connectivity index (χ4n) is 4.48. The molecule has 12 heteroatoms. The minimum Gasteiger partial charge on any atom is -0.497 e. The lowest BCUT2D eigenvalue weighted by atomic mass is 10.1. The summed E-state index contributed by atoms with van der Waals surface area (Å²) >= 11 is 0. The van der Waals surface area contributed by atoms with Crippen molar-refractivity contribution in [2.75, 3.05) is 44.1 Å². The standard InChI is InChI=1S/C27H30N4O7S/c1-38-24-12-10-23(11-13-24)30(39(36,37)26-5-3-2-4-25(26)31(34)35)15-14-21-6-8-22(9-7-21)20-28-16-18-29(19-17-28)27(32)33/h2-13H,14-20H2,1H3,(H,32,33). The number of hydrogen-bond donors (Lipinski definition) is 1. The van der Waals surface area contributed by atoms with E-state index in [9.17, 15) is 23.3 Å². The topological polar surface area (TPSA) is 134 Å². The molecule has 1 aliphatic rings. The van der Waals surface area contributed by atoms with E-state index < -0.39 is 26.7 Å². The number of piperazine rings is 1. The van der Waals surface area contributed by atoms with Crippen molar-refractivity contribution in [3.63, 3.8) is 0 Å². The van der Waals surface area contributed by atoms with Crippen LogP contribution in [0.1, 0.15) is 11.1 Å². The van der Waals surface area contributed by atoms with Crippen LogP contribution in [0.5, 0.6) is 5.75 Å². The summed E-state index contributed by atoms with van der Waals surface area (Å²) in [5.41, 5.74) is 1.86. The number of sulfonamides is 1. The quantitative estimate of drug-likeness (QED) is 0.295. The van der Waals surface area contributed by atoms with Crippen molar-refractivity contribution in [2.45, 2.75) is 17.9 Å². The smallest absolute Gasteiger partial charge is 0.407 e. The summed E-state index contributed by atoms with van der Waals surface area (Å²) in [5.74, 6) is 0.557. The normalized spacial score (nSPS) is 14.1. The van der Waals surface area contributed by atoms with Crippen LogP contribution in [0.3, 0.4) is 0 Å². The van der Waals surface area contributed by atoms with Gasteiger partial charge >= 0.3 is 6.09 Å². The molecule has 0 aromatic heterocycles. The summed E-state index contributed by atoms with van der Waals surface area (Å²) in [5, 5.41) is 20.7. The SMILES string of the molecule is COc1ccc(N(CCc2ccc(CN3CCN(C(=O)O)CC3)cc2)S(=O)(=O)c2ccccc2[N+](=O)[O-])cc1. The summed E-state index contributed by atoms with van der Waals surface area (Å²) in [7, 11) is -2.75. The first kappa shape index (κ1) is 27.9. The van der Waals surface area contributed by atoms with Crippen LogP contribution in [0.15, 0.2) is 77.7 Å². The Bertz CT molecular complexity index is 1400. The largest absolute Gasteiger partial charge is 0.497 e. The first-order chi connectivity index (χ1) is 18.7. The Morgan fingerprint density at radius 1 is 0.974 bits per heavy atom. The molecule has 3 aromatic rings. The molecule has 11 nitrogen and oxygen atoms in total. The number of benzene rings is 3. The Labute approximate surface area is 227 Å². The zero-order valence-electron chi connectivity index (χ0n) is 21.5. The number of nitro benzene ring substituents is 1. The Morgan fingerprint density at radius 3 is 2.18 bits per heavy atom. The van der Waals surface area contributed by atoms with Crippen molar-refractivity contribution in [2.24, 2.45) is 0 Å². The van der Waals surface area contributed by atoms with Crippen LogP contribution in [0.25, 0.3) is 0 Å². The maximum absolute atomic E-state index is 13.7. The van der Waals surface area contributed by atoms with Crippen molar-refractivity contribution >= 4 is 27.5 Å². The molecule has 1 amide bonds. The van der Waals surface area contributed by atoms with Gasteiger partial charge < -0.3 is 14.7 Å². The summed E-state index contributed by atoms with van der Waals surface area (Å²) in [6.45, 7) is 3.03. The minimum absolute atomic E-state index is 0.0667. The van der Waals surface area contributed by atoms with E-state index >= 15 is 0 Å². The molecule has 1 heterocycles. The number of amides is 1.